The summed E-state index contributed by atoms with van der Waals surface area (Å²) in [4.78, 5) is 106. The van der Waals surface area contributed by atoms with Gasteiger partial charge in [0.25, 0.3) is 17.2 Å². The second-order valence-corrected chi connectivity index (χ2v) is 11.8. The number of aromatic amines is 1. The molecule has 0 unspecified atom stereocenters. The molecule has 0 saturated carbocycles. The van der Waals surface area contributed by atoms with Crippen LogP contribution in [0.4, 0.5) is 34.4 Å². The zero-order valence-corrected chi connectivity index (χ0v) is 28.8. The van der Waals surface area contributed by atoms with Gasteiger partial charge in [0.2, 0.25) is 11.9 Å². The molecule has 4 rings (SSSR count). The number of aliphatic carboxylic acids is 2. The molecule has 2 aromatic carbocycles. The number of carboxylic acid groups (broad SMARTS) is 2. The lowest BCUT2D eigenvalue weighted by molar-refractivity contribution is -0.401. The molecule has 56 heavy (non-hydrogen) atoms. The van der Waals surface area contributed by atoms with Gasteiger partial charge < -0.3 is 37.2 Å². The quantitative estimate of drug-likeness (QED) is 0.0357. The first-order valence-corrected chi connectivity index (χ1v) is 16.3. The number of nitro benzene ring substituents is 3. The summed E-state index contributed by atoms with van der Waals surface area (Å²) in [5.74, 6) is -4.57. The number of nitro groups is 3. The number of aromatic nitrogens is 4. The molecule has 0 bridgehead atoms. The van der Waals surface area contributed by atoms with Crippen molar-refractivity contribution in [1.82, 2.24) is 30.6 Å². The van der Waals surface area contributed by atoms with E-state index in [0.29, 0.717) is 23.5 Å². The van der Waals surface area contributed by atoms with Crippen molar-refractivity contribution in [3.05, 3.63) is 94.5 Å². The van der Waals surface area contributed by atoms with Crippen LogP contribution in [0.25, 0.3) is 11.2 Å². The van der Waals surface area contributed by atoms with Gasteiger partial charge in [-0.3, -0.25) is 49.7 Å². The summed E-state index contributed by atoms with van der Waals surface area (Å²) in [6, 6.07) is 4.07. The van der Waals surface area contributed by atoms with E-state index in [4.69, 9.17) is 5.73 Å². The second-order valence-electron chi connectivity index (χ2n) is 11.8. The van der Waals surface area contributed by atoms with Crippen LogP contribution in [0.2, 0.25) is 0 Å². The van der Waals surface area contributed by atoms with Crippen molar-refractivity contribution in [2.24, 2.45) is 0 Å². The molecule has 0 radical (unpaired) electrons. The first kappa shape index (κ1) is 40.9. The van der Waals surface area contributed by atoms with Crippen molar-refractivity contribution in [2.45, 2.75) is 50.7 Å². The predicted molar refractivity (Wildman–Crippen MR) is 193 cm³/mol. The monoisotopic (exact) mass is 780 g/mol. The van der Waals surface area contributed by atoms with Gasteiger partial charge in [-0.1, -0.05) is 0 Å². The van der Waals surface area contributed by atoms with Gasteiger partial charge >= 0.3 is 23.3 Å². The number of hydrogen-bond acceptors (Lipinski definition) is 17. The summed E-state index contributed by atoms with van der Waals surface area (Å²) >= 11 is 0. The van der Waals surface area contributed by atoms with Crippen molar-refractivity contribution in [2.75, 3.05) is 22.9 Å². The first-order chi connectivity index (χ1) is 26.5. The number of nitrogens with one attached hydrogen (secondary N) is 5. The summed E-state index contributed by atoms with van der Waals surface area (Å²) < 4.78 is 0. The third-order valence-electron chi connectivity index (χ3n) is 7.91. The Hall–Kier alpha value is -7.86. The zero-order chi connectivity index (χ0) is 41.1. The maximum Gasteiger partial charge on any atom is 0.326 e. The molecule has 9 N–H and O–H groups in total. The number of carboxylic acids is 2. The van der Waals surface area contributed by atoms with Gasteiger partial charge in [0.1, 0.15) is 12.1 Å². The molecule has 294 valence electrons. The molecule has 25 nitrogen and oxygen atoms in total. The molecule has 2 amide bonds. The smallest absolute Gasteiger partial charge is 0.326 e. The van der Waals surface area contributed by atoms with Crippen molar-refractivity contribution in [3.63, 3.8) is 0 Å². The van der Waals surface area contributed by atoms with Gasteiger partial charge in [-0.25, -0.2) is 19.6 Å². The Morgan fingerprint density at radius 1 is 0.839 bits per heavy atom. The maximum atomic E-state index is 12.8. The average Bonchev–Trinajstić information content (AvgIpc) is 3.14. The van der Waals surface area contributed by atoms with Crippen LogP contribution in [0.5, 0.6) is 0 Å². The van der Waals surface area contributed by atoms with Gasteiger partial charge in [-0.15, -0.1) is 0 Å². The Labute approximate surface area is 312 Å². The number of fused-ring (bicyclic) bond motifs is 1. The van der Waals surface area contributed by atoms with Crippen LogP contribution in [0.3, 0.4) is 0 Å². The fourth-order valence-corrected chi connectivity index (χ4v) is 5.15. The minimum absolute atomic E-state index is 0.00280. The average molecular weight is 781 g/mol. The third kappa shape index (κ3) is 10.8. The van der Waals surface area contributed by atoms with Gasteiger partial charge in [-0.05, 0) is 49.9 Å². The third-order valence-corrected chi connectivity index (χ3v) is 7.91. The molecular formula is C31H32N12O13. The number of non-ortho nitro benzene ring substituents is 1. The summed E-state index contributed by atoms with van der Waals surface area (Å²) in [5.41, 5.74) is 2.82. The summed E-state index contributed by atoms with van der Waals surface area (Å²) in [6.45, 7) is 0.00260. The van der Waals surface area contributed by atoms with Crippen LogP contribution in [-0.4, -0.2) is 87.3 Å². The lowest BCUT2D eigenvalue weighted by Gasteiger charge is -2.17. The number of H-pyrrole nitrogens is 1. The van der Waals surface area contributed by atoms with Crippen molar-refractivity contribution < 1.29 is 44.2 Å². The zero-order valence-electron chi connectivity index (χ0n) is 28.8. The maximum absolute atomic E-state index is 12.8. The van der Waals surface area contributed by atoms with Gasteiger partial charge in [-0.2, -0.15) is 4.98 Å². The number of carbonyl (C=O) groups excluding carboxylic acids is 2. The van der Waals surface area contributed by atoms with Crippen LogP contribution < -0.4 is 32.6 Å². The van der Waals surface area contributed by atoms with Crippen molar-refractivity contribution in [3.8, 4) is 0 Å². The molecule has 0 aliphatic carbocycles. The molecule has 2 heterocycles. The Bertz CT molecular complexity index is 2210. The van der Waals surface area contributed by atoms with E-state index in [1.54, 1.807) is 0 Å². The van der Waals surface area contributed by atoms with Crippen LogP contribution in [0, 0.1) is 30.3 Å². The Morgan fingerprint density at radius 2 is 1.46 bits per heavy atom. The normalized spacial score (nSPS) is 11.9. The number of nitrogens with two attached hydrogens (primary N) is 1. The summed E-state index contributed by atoms with van der Waals surface area (Å²) in [6.07, 6.45) is 0.567. The molecule has 25 heteroatoms. The fraction of sp³-hybridized carbons (Fsp3) is 0.290. The molecule has 2 aromatic heterocycles. The number of nitrogen functional groups attached to an aromatic ring is 1. The summed E-state index contributed by atoms with van der Waals surface area (Å²) in [5, 5.41) is 63.3. The lowest BCUT2D eigenvalue weighted by Crippen LogP contribution is -2.44. The van der Waals surface area contributed by atoms with E-state index in [9.17, 15) is 64.5 Å². The lowest BCUT2D eigenvalue weighted by atomic mass is 10.1. The van der Waals surface area contributed by atoms with Crippen LogP contribution in [-0.2, 0) is 20.9 Å². The number of benzene rings is 2. The number of unbranched alkanes of at least 4 members (excludes halogenated alkanes) is 1. The Balaban J connectivity index is 1.24. The van der Waals surface area contributed by atoms with Crippen LogP contribution in [0.1, 0.15) is 48.2 Å². The molecule has 0 saturated heterocycles. The van der Waals surface area contributed by atoms with E-state index >= 15 is 0 Å². The minimum atomic E-state index is -1.52. The minimum Gasteiger partial charge on any atom is -0.480 e. The van der Waals surface area contributed by atoms with Crippen molar-refractivity contribution in [1.29, 1.82) is 0 Å². The summed E-state index contributed by atoms with van der Waals surface area (Å²) in [7, 11) is 0. The standard InChI is InChI=1S/C31H32N12O13/c32-31-39-26-25(28(46)40-31)36-17(14-35-26)13-34-16-6-4-15(5-7-16)27(45)38-20(30(49)50)8-9-23(44)37-19(29(47)48)3-1-2-10-33-24-21(42(53)54)11-18(41(51)52)12-22(24)43(55)56/h4-7,11-12,14,19-20,33-34H,1-3,8-10,13H2,(H,37,44)(H,38,45)(H,47,48)(H,49,50)(H3,32,35,39,40,46)/t19-,20-/m1/s1. The van der Waals surface area contributed by atoms with E-state index in [2.05, 4.69) is 41.2 Å². The van der Waals surface area contributed by atoms with Gasteiger partial charge in [0.15, 0.2) is 16.9 Å². The van der Waals surface area contributed by atoms with E-state index in [1.807, 2.05) is 0 Å². The highest BCUT2D eigenvalue weighted by atomic mass is 16.6. The number of amides is 2. The number of nitrogens with zero attached hydrogens (tertiary/aromatic N) is 6. The van der Waals surface area contributed by atoms with Crippen LogP contribution in [0.15, 0.2) is 47.4 Å². The molecule has 4 aromatic rings. The van der Waals surface area contributed by atoms with E-state index in [1.165, 1.54) is 30.5 Å². The number of carbonyl (C=O) groups is 4. The van der Waals surface area contributed by atoms with Gasteiger partial charge in [0.05, 0.1) is 45.3 Å². The number of hydrogen-bond donors (Lipinski definition) is 8. The molecule has 2 atom stereocenters. The molecule has 0 aliphatic rings. The molecule has 0 aliphatic heterocycles. The highest BCUT2D eigenvalue weighted by Gasteiger charge is 2.30. The predicted octanol–water partition coefficient (Wildman–Crippen LogP) is 1.45. The number of rotatable bonds is 20. The van der Waals surface area contributed by atoms with Crippen molar-refractivity contribution >= 4 is 69.3 Å². The Morgan fingerprint density at radius 3 is 2.05 bits per heavy atom. The molecule has 0 fully saturated rings. The first-order valence-electron chi connectivity index (χ1n) is 16.3. The fourth-order valence-electron chi connectivity index (χ4n) is 5.15. The van der Waals surface area contributed by atoms with E-state index in [0.717, 1.165) is 0 Å². The second kappa shape index (κ2) is 18.3. The largest absolute Gasteiger partial charge is 0.480 e. The van der Waals surface area contributed by atoms with E-state index < -0.39 is 91.8 Å². The Kier molecular flexibility index (Phi) is 13.3. The number of anilines is 3. The molecular weight excluding hydrogens is 748 g/mol. The highest BCUT2D eigenvalue weighted by Crippen LogP contribution is 2.38. The SMILES string of the molecule is Nc1nc2ncc(CNc3ccc(C(=O)N[C@H](CCC(=O)N[C@H](CCCCNc4c([N+](=O)[O-])cc([N+](=O)[O-])cc4[N+](=O)[O-])C(=O)O)C(=O)O)cc3)nc2c(=O)[nH]1. The highest BCUT2D eigenvalue weighted by molar-refractivity contribution is 5.97. The molecule has 0 spiro atoms. The topological polar surface area (TPSA) is 384 Å². The van der Waals surface area contributed by atoms with Crippen LogP contribution >= 0.6 is 0 Å². The van der Waals surface area contributed by atoms with E-state index in [-0.39, 0.29) is 55.0 Å². The van der Waals surface area contributed by atoms with Gasteiger partial charge in [0, 0.05) is 24.2 Å².